The first-order chi connectivity index (χ1) is 13.2. The number of pyridine rings is 1. The zero-order chi connectivity index (χ0) is 18.4. The third-order valence-corrected chi connectivity index (χ3v) is 6.40. The van der Waals surface area contributed by atoms with Crippen molar-refractivity contribution in [3.05, 3.63) is 48.0 Å². The normalized spacial score (nSPS) is 22.1. The molecule has 0 spiro atoms. The molecular formula is C20H21FN4OS. The number of piperazine rings is 1. The molecule has 1 aromatic carbocycles. The first-order valence-corrected chi connectivity index (χ1v) is 10.2. The summed E-state index contributed by atoms with van der Waals surface area (Å²) >= 11 is 1.73. The summed E-state index contributed by atoms with van der Waals surface area (Å²) in [6, 6.07) is 10.1. The predicted molar refractivity (Wildman–Crippen MR) is 105 cm³/mol. The Morgan fingerprint density at radius 2 is 2.07 bits per heavy atom. The van der Waals surface area contributed by atoms with Gasteiger partial charge in [-0.3, -0.25) is 9.88 Å². The number of para-hydroxylation sites is 1. The Kier molecular flexibility index (Phi) is 4.21. The Morgan fingerprint density at radius 3 is 2.85 bits per heavy atom. The van der Waals surface area contributed by atoms with Gasteiger partial charge in [0.25, 0.3) is 0 Å². The molecule has 3 saturated heterocycles. The van der Waals surface area contributed by atoms with E-state index in [0.29, 0.717) is 30.9 Å². The van der Waals surface area contributed by atoms with Crippen molar-refractivity contribution < 1.29 is 9.13 Å². The zero-order valence-electron chi connectivity index (χ0n) is 15.1. The molecule has 3 aliphatic rings. The highest BCUT2D eigenvalue weighted by Crippen LogP contribution is 2.42. The van der Waals surface area contributed by atoms with Crippen LogP contribution < -0.4 is 9.64 Å². The van der Waals surface area contributed by atoms with Gasteiger partial charge in [-0.05, 0) is 37.6 Å². The molecule has 140 valence electrons. The van der Waals surface area contributed by atoms with Crippen LogP contribution in [0.25, 0.3) is 10.2 Å². The van der Waals surface area contributed by atoms with Gasteiger partial charge in [-0.2, -0.15) is 0 Å². The van der Waals surface area contributed by atoms with Gasteiger partial charge in [0.1, 0.15) is 17.1 Å². The monoisotopic (exact) mass is 384 g/mol. The summed E-state index contributed by atoms with van der Waals surface area (Å²) < 4.78 is 20.8. The number of halogens is 1. The van der Waals surface area contributed by atoms with Crippen LogP contribution in [0.3, 0.4) is 0 Å². The lowest BCUT2D eigenvalue weighted by molar-refractivity contribution is 0.106. The molecule has 5 nitrogen and oxygen atoms in total. The Bertz CT molecular complexity index is 966. The molecule has 3 fully saturated rings. The average molecular weight is 384 g/mol. The SMILES string of the molecule is CCOc1cccc2sc(N3C4CC3CN(Cc3ncccc3F)C4)nc12. The molecule has 2 atom stereocenters. The molecule has 0 radical (unpaired) electrons. The number of ether oxygens (including phenoxy) is 1. The fraction of sp³-hybridized carbons (Fsp3) is 0.400. The minimum atomic E-state index is -0.219. The highest BCUT2D eigenvalue weighted by atomic mass is 32.1. The standard InChI is InChI=1S/C20H21FN4OS/c1-2-26-17-6-3-7-18-19(17)23-20(27-18)25-13-9-14(25)11-24(10-13)12-16-15(21)5-4-8-22-16/h3-8,13-14H,2,9-12H2,1H3. The third kappa shape index (κ3) is 2.95. The minimum absolute atomic E-state index is 0.219. The average Bonchev–Trinajstić information content (AvgIpc) is 3.08. The number of hydrogen-bond donors (Lipinski definition) is 0. The topological polar surface area (TPSA) is 41.5 Å². The summed E-state index contributed by atoms with van der Waals surface area (Å²) in [4.78, 5) is 13.8. The number of fused-ring (bicyclic) bond motifs is 3. The van der Waals surface area contributed by atoms with Gasteiger partial charge < -0.3 is 9.64 Å². The van der Waals surface area contributed by atoms with E-state index in [9.17, 15) is 4.39 Å². The van der Waals surface area contributed by atoms with Crippen LogP contribution in [0.1, 0.15) is 19.0 Å². The van der Waals surface area contributed by atoms with Gasteiger partial charge in [-0.25, -0.2) is 9.37 Å². The van der Waals surface area contributed by atoms with Gasteiger partial charge in [0.15, 0.2) is 5.13 Å². The number of piperidine rings is 1. The fourth-order valence-electron chi connectivity index (χ4n) is 4.18. The van der Waals surface area contributed by atoms with E-state index >= 15 is 0 Å². The van der Waals surface area contributed by atoms with Crippen molar-refractivity contribution in [2.45, 2.75) is 32.0 Å². The highest BCUT2D eigenvalue weighted by molar-refractivity contribution is 7.22. The first-order valence-electron chi connectivity index (χ1n) is 9.35. The van der Waals surface area contributed by atoms with Crippen LogP contribution >= 0.6 is 11.3 Å². The van der Waals surface area contributed by atoms with Crippen LogP contribution in [0.15, 0.2) is 36.5 Å². The maximum Gasteiger partial charge on any atom is 0.187 e. The second-order valence-corrected chi connectivity index (χ2v) is 8.12. The van der Waals surface area contributed by atoms with E-state index < -0.39 is 0 Å². The molecule has 3 aromatic rings. The zero-order valence-corrected chi connectivity index (χ0v) is 16.0. The first kappa shape index (κ1) is 16.9. The molecule has 3 aliphatic heterocycles. The van der Waals surface area contributed by atoms with E-state index in [0.717, 1.165) is 34.2 Å². The quantitative estimate of drug-likeness (QED) is 0.671. The van der Waals surface area contributed by atoms with E-state index in [1.54, 1.807) is 23.6 Å². The number of hydrogen-bond acceptors (Lipinski definition) is 6. The number of anilines is 1. The van der Waals surface area contributed by atoms with Crippen LogP contribution in [0, 0.1) is 5.82 Å². The lowest BCUT2D eigenvalue weighted by Crippen LogP contribution is -2.68. The number of nitrogens with zero attached hydrogens (tertiary/aromatic N) is 4. The molecule has 7 heteroatoms. The molecule has 0 aliphatic carbocycles. The Labute approximate surface area is 161 Å². The molecule has 2 aromatic heterocycles. The van der Waals surface area contributed by atoms with Gasteiger partial charge in [-0.15, -0.1) is 0 Å². The van der Waals surface area contributed by atoms with Gasteiger partial charge in [0, 0.05) is 37.9 Å². The summed E-state index contributed by atoms with van der Waals surface area (Å²) in [7, 11) is 0. The van der Waals surface area contributed by atoms with Crippen molar-refractivity contribution in [3.63, 3.8) is 0 Å². The highest BCUT2D eigenvalue weighted by Gasteiger charge is 2.46. The summed E-state index contributed by atoms with van der Waals surface area (Å²) in [6.45, 7) is 5.04. The lowest BCUT2D eigenvalue weighted by atomic mass is 9.88. The van der Waals surface area contributed by atoms with Gasteiger partial charge in [0.2, 0.25) is 0 Å². The van der Waals surface area contributed by atoms with Crippen LogP contribution in [0.4, 0.5) is 9.52 Å². The van der Waals surface area contributed by atoms with Crippen molar-refractivity contribution in [2.75, 3.05) is 24.6 Å². The van der Waals surface area contributed by atoms with Gasteiger partial charge in [-0.1, -0.05) is 17.4 Å². The van der Waals surface area contributed by atoms with Crippen molar-refractivity contribution in [1.29, 1.82) is 0 Å². The molecule has 0 amide bonds. The third-order valence-electron chi connectivity index (χ3n) is 5.37. The van der Waals surface area contributed by atoms with E-state index in [1.807, 2.05) is 19.1 Å². The Balaban J connectivity index is 1.34. The predicted octanol–water partition coefficient (Wildman–Crippen LogP) is 3.69. The molecule has 27 heavy (non-hydrogen) atoms. The van der Waals surface area contributed by atoms with Crippen molar-refractivity contribution in [3.8, 4) is 5.75 Å². The van der Waals surface area contributed by atoms with E-state index in [1.165, 1.54) is 12.5 Å². The molecule has 0 saturated carbocycles. The number of benzene rings is 1. The smallest absolute Gasteiger partial charge is 0.187 e. The minimum Gasteiger partial charge on any atom is -0.492 e. The largest absolute Gasteiger partial charge is 0.492 e. The second kappa shape index (κ2) is 6.73. The Hall–Kier alpha value is -2.25. The van der Waals surface area contributed by atoms with E-state index in [4.69, 9.17) is 9.72 Å². The molecule has 0 N–H and O–H groups in total. The van der Waals surface area contributed by atoms with Gasteiger partial charge in [0.05, 0.1) is 17.0 Å². The molecule has 2 unspecified atom stereocenters. The molecule has 2 bridgehead atoms. The molecular weight excluding hydrogens is 363 g/mol. The summed E-state index contributed by atoms with van der Waals surface area (Å²) in [5.74, 6) is 0.638. The van der Waals surface area contributed by atoms with Crippen molar-refractivity contribution in [2.24, 2.45) is 0 Å². The maximum absolute atomic E-state index is 13.9. The summed E-state index contributed by atoms with van der Waals surface area (Å²) in [5.41, 5.74) is 1.49. The van der Waals surface area contributed by atoms with Crippen LogP contribution in [0.5, 0.6) is 5.75 Å². The maximum atomic E-state index is 13.9. The van der Waals surface area contributed by atoms with Crippen LogP contribution in [-0.2, 0) is 6.54 Å². The second-order valence-electron chi connectivity index (χ2n) is 7.11. The van der Waals surface area contributed by atoms with Crippen LogP contribution in [-0.4, -0.2) is 46.6 Å². The number of thiazole rings is 1. The molecule has 5 heterocycles. The number of rotatable bonds is 5. The van der Waals surface area contributed by atoms with E-state index in [-0.39, 0.29) is 5.82 Å². The number of aromatic nitrogens is 2. The van der Waals surface area contributed by atoms with Crippen LogP contribution in [0.2, 0.25) is 0 Å². The fourth-order valence-corrected chi connectivity index (χ4v) is 5.31. The van der Waals surface area contributed by atoms with Gasteiger partial charge >= 0.3 is 0 Å². The van der Waals surface area contributed by atoms with Crippen molar-refractivity contribution in [1.82, 2.24) is 14.9 Å². The molecule has 6 rings (SSSR count). The summed E-state index contributed by atoms with van der Waals surface area (Å²) in [6.07, 6.45) is 2.84. The summed E-state index contributed by atoms with van der Waals surface area (Å²) in [5, 5.41) is 1.07. The van der Waals surface area contributed by atoms with E-state index in [2.05, 4.69) is 20.9 Å². The van der Waals surface area contributed by atoms with Crippen molar-refractivity contribution >= 4 is 26.7 Å². The lowest BCUT2D eigenvalue weighted by Gasteiger charge is -2.56. The Morgan fingerprint density at radius 1 is 1.22 bits per heavy atom.